The summed E-state index contributed by atoms with van der Waals surface area (Å²) >= 11 is 0. The van der Waals surface area contributed by atoms with Crippen molar-refractivity contribution in [2.24, 2.45) is 0 Å². The second-order valence-electron chi connectivity index (χ2n) is 4.30. The highest BCUT2D eigenvalue weighted by atomic mass is 16.5. The number of carbonyl (C=O) groups is 1. The summed E-state index contributed by atoms with van der Waals surface area (Å²) in [5.74, 6) is -0.241. The van der Waals surface area contributed by atoms with E-state index in [9.17, 15) is 4.79 Å². The van der Waals surface area contributed by atoms with Crippen LogP contribution < -0.4 is 0 Å². The molecule has 0 saturated carbocycles. The van der Waals surface area contributed by atoms with Gasteiger partial charge < -0.3 is 4.74 Å². The summed E-state index contributed by atoms with van der Waals surface area (Å²) in [6.45, 7) is 5.94. The Balaban J connectivity index is 2.51. The van der Waals surface area contributed by atoms with Gasteiger partial charge in [0.25, 0.3) is 0 Å². The van der Waals surface area contributed by atoms with E-state index in [-0.39, 0.29) is 5.97 Å². The minimum atomic E-state index is -0.241. The minimum absolute atomic E-state index is 0.241. The molecule has 0 atom stereocenters. The van der Waals surface area contributed by atoms with E-state index in [0.717, 1.165) is 5.56 Å². The third-order valence-electron chi connectivity index (χ3n) is 3.06. The van der Waals surface area contributed by atoms with Crippen LogP contribution in [0.1, 0.15) is 23.6 Å². The van der Waals surface area contributed by atoms with E-state index >= 15 is 0 Å². The molecular formula is C15H16O2. The zero-order chi connectivity index (χ0) is 12.4. The first kappa shape index (κ1) is 11.6. The van der Waals surface area contributed by atoms with Crippen LogP contribution in [0.15, 0.2) is 30.3 Å². The second-order valence-corrected chi connectivity index (χ2v) is 4.30. The number of ether oxygens (including phenoxy) is 1. The molecule has 0 radical (unpaired) electrons. The van der Waals surface area contributed by atoms with E-state index in [1.807, 2.05) is 12.1 Å². The van der Waals surface area contributed by atoms with Gasteiger partial charge in [-0.05, 0) is 41.3 Å². The smallest absolute Gasteiger partial charge is 0.302 e. The first-order valence-corrected chi connectivity index (χ1v) is 5.71. The fourth-order valence-corrected chi connectivity index (χ4v) is 2.10. The van der Waals surface area contributed by atoms with E-state index in [4.69, 9.17) is 4.74 Å². The monoisotopic (exact) mass is 228 g/mol. The lowest BCUT2D eigenvalue weighted by Gasteiger charge is -2.12. The molecular weight excluding hydrogens is 212 g/mol. The van der Waals surface area contributed by atoms with Gasteiger partial charge in [-0.2, -0.15) is 0 Å². The van der Waals surface area contributed by atoms with Crippen LogP contribution in [-0.4, -0.2) is 5.97 Å². The Kier molecular flexibility index (Phi) is 3.14. The summed E-state index contributed by atoms with van der Waals surface area (Å²) < 4.78 is 5.07. The Hall–Kier alpha value is -1.83. The van der Waals surface area contributed by atoms with E-state index in [1.54, 1.807) is 0 Å². The summed E-state index contributed by atoms with van der Waals surface area (Å²) in [7, 11) is 0. The Labute approximate surface area is 101 Å². The summed E-state index contributed by atoms with van der Waals surface area (Å²) in [4.78, 5) is 10.9. The molecule has 17 heavy (non-hydrogen) atoms. The lowest BCUT2D eigenvalue weighted by molar-refractivity contribution is -0.142. The summed E-state index contributed by atoms with van der Waals surface area (Å²) in [6, 6.07) is 10.4. The third-order valence-corrected chi connectivity index (χ3v) is 3.06. The molecule has 0 unspecified atom stereocenters. The van der Waals surface area contributed by atoms with Crippen LogP contribution in [0.25, 0.3) is 10.8 Å². The quantitative estimate of drug-likeness (QED) is 0.735. The molecule has 0 bridgehead atoms. The predicted octanol–water partition coefficient (Wildman–Crippen LogP) is 3.52. The van der Waals surface area contributed by atoms with Crippen LogP contribution in [0.5, 0.6) is 0 Å². The minimum Gasteiger partial charge on any atom is -0.461 e. The van der Waals surface area contributed by atoms with Crippen molar-refractivity contribution in [3.05, 3.63) is 47.0 Å². The molecule has 2 rings (SSSR count). The van der Waals surface area contributed by atoms with Crippen molar-refractivity contribution in [2.45, 2.75) is 27.4 Å². The van der Waals surface area contributed by atoms with Crippen molar-refractivity contribution in [2.75, 3.05) is 0 Å². The molecule has 2 heteroatoms. The van der Waals surface area contributed by atoms with Crippen molar-refractivity contribution < 1.29 is 9.53 Å². The predicted molar refractivity (Wildman–Crippen MR) is 68.9 cm³/mol. The fourth-order valence-electron chi connectivity index (χ4n) is 2.10. The topological polar surface area (TPSA) is 26.3 Å². The number of esters is 1. The van der Waals surface area contributed by atoms with Crippen LogP contribution in [0.4, 0.5) is 0 Å². The Morgan fingerprint density at radius 3 is 2.47 bits per heavy atom. The highest BCUT2D eigenvalue weighted by molar-refractivity contribution is 5.89. The molecule has 0 N–H and O–H groups in total. The van der Waals surface area contributed by atoms with Gasteiger partial charge in [-0.15, -0.1) is 0 Å². The van der Waals surface area contributed by atoms with E-state index in [2.05, 4.69) is 32.0 Å². The van der Waals surface area contributed by atoms with Gasteiger partial charge in [-0.1, -0.05) is 30.3 Å². The number of benzene rings is 2. The molecule has 0 saturated heterocycles. The van der Waals surface area contributed by atoms with Gasteiger partial charge in [0.05, 0.1) is 0 Å². The lowest BCUT2D eigenvalue weighted by Crippen LogP contribution is -2.01. The molecule has 0 aliphatic rings. The summed E-state index contributed by atoms with van der Waals surface area (Å²) in [6.07, 6.45) is 0. The van der Waals surface area contributed by atoms with E-state index in [1.165, 1.54) is 28.8 Å². The average Bonchev–Trinajstić information content (AvgIpc) is 2.32. The summed E-state index contributed by atoms with van der Waals surface area (Å²) in [5, 5.41) is 2.49. The number of hydrogen-bond donors (Lipinski definition) is 0. The lowest BCUT2D eigenvalue weighted by atomic mass is 9.96. The largest absolute Gasteiger partial charge is 0.461 e. The summed E-state index contributed by atoms with van der Waals surface area (Å²) in [5.41, 5.74) is 3.48. The van der Waals surface area contributed by atoms with Crippen molar-refractivity contribution >= 4 is 16.7 Å². The van der Waals surface area contributed by atoms with Gasteiger partial charge in [-0.25, -0.2) is 0 Å². The maximum Gasteiger partial charge on any atom is 0.302 e. The average molecular weight is 228 g/mol. The molecule has 0 heterocycles. The molecule has 0 aliphatic carbocycles. The normalized spacial score (nSPS) is 10.5. The fraction of sp³-hybridized carbons (Fsp3) is 0.267. The van der Waals surface area contributed by atoms with Crippen molar-refractivity contribution in [1.29, 1.82) is 0 Å². The highest BCUT2D eigenvalue weighted by Crippen LogP contribution is 2.25. The number of fused-ring (bicyclic) bond motifs is 1. The van der Waals surface area contributed by atoms with Gasteiger partial charge >= 0.3 is 5.97 Å². The molecule has 0 aromatic heterocycles. The zero-order valence-corrected chi connectivity index (χ0v) is 10.4. The molecule has 0 spiro atoms. The highest BCUT2D eigenvalue weighted by Gasteiger charge is 2.07. The maximum absolute atomic E-state index is 10.9. The number of hydrogen-bond acceptors (Lipinski definition) is 2. The van der Waals surface area contributed by atoms with Crippen molar-refractivity contribution in [3.63, 3.8) is 0 Å². The Morgan fingerprint density at radius 1 is 1.18 bits per heavy atom. The van der Waals surface area contributed by atoms with E-state index in [0.29, 0.717) is 6.61 Å². The Bertz CT molecular complexity index is 570. The number of aryl methyl sites for hydroxylation is 2. The number of rotatable bonds is 2. The van der Waals surface area contributed by atoms with Gasteiger partial charge in [0.15, 0.2) is 0 Å². The molecule has 2 nitrogen and oxygen atoms in total. The van der Waals surface area contributed by atoms with Gasteiger partial charge in [0, 0.05) is 6.92 Å². The van der Waals surface area contributed by atoms with E-state index < -0.39 is 0 Å². The van der Waals surface area contributed by atoms with Crippen LogP contribution in [0, 0.1) is 13.8 Å². The molecule has 0 amide bonds. The number of carbonyl (C=O) groups excluding carboxylic acids is 1. The van der Waals surface area contributed by atoms with Gasteiger partial charge in [0.1, 0.15) is 6.61 Å². The first-order chi connectivity index (χ1) is 8.09. The zero-order valence-electron chi connectivity index (χ0n) is 10.4. The molecule has 88 valence electrons. The van der Waals surface area contributed by atoms with Gasteiger partial charge in [0.2, 0.25) is 0 Å². The molecule has 0 aliphatic heterocycles. The molecule has 0 fully saturated rings. The van der Waals surface area contributed by atoms with Crippen molar-refractivity contribution in [3.8, 4) is 0 Å². The van der Waals surface area contributed by atoms with Gasteiger partial charge in [-0.3, -0.25) is 4.79 Å². The standard InChI is InChI=1S/C15H16O2/c1-10-8-13(9-17-12(3)16)11(2)15-7-5-4-6-14(10)15/h4-8H,9H2,1-3H3. The first-order valence-electron chi connectivity index (χ1n) is 5.71. The molecule has 2 aromatic carbocycles. The van der Waals surface area contributed by atoms with Crippen molar-refractivity contribution in [1.82, 2.24) is 0 Å². The Morgan fingerprint density at radius 2 is 1.82 bits per heavy atom. The second kappa shape index (κ2) is 4.58. The van der Waals surface area contributed by atoms with Crippen LogP contribution in [0.2, 0.25) is 0 Å². The maximum atomic E-state index is 10.9. The van der Waals surface area contributed by atoms with Crippen LogP contribution >= 0.6 is 0 Å². The third kappa shape index (κ3) is 2.31. The van der Waals surface area contributed by atoms with Crippen LogP contribution in [0.3, 0.4) is 0 Å². The van der Waals surface area contributed by atoms with Crippen LogP contribution in [-0.2, 0) is 16.1 Å². The molecule has 2 aromatic rings. The SMILES string of the molecule is CC(=O)OCc1cc(C)c2ccccc2c1C.